The Bertz CT molecular complexity index is 263. The first-order valence-corrected chi connectivity index (χ1v) is 5.16. The Morgan fingerprint density at radius 1 is 1.47 bits per heavy atom. The number of carbonyl (C=O) groups is 2. The topological polar surface area (TPSA) is 75.4 Å². The molecule has 0 spiro atoms. The number of hydrogen-bond acceptors (Lipinski definition) is 2. The summed E-state index contributed by atoms with van der Waals surface area (Å²) in [6, 6.07) is -0.222. The van der Waals surface area contributed by atoms with Gasteiger partial charge in [-0.05, 0) is 19.3 Å². The number of amides is 3. The van der Waals surface area contributed by atoms with Crippen molar-refractivity contribution in [1.82, 2.24) is 10.2 Å². The number of rotatable bonds is 2. The predicted molar refractivity (Wildman–Crippen MR) is 57.2 cm³/mol. The molecule has 0 saturated carbocycles. The number of primary amides is 1. The van der Waals surface area contributed by atoms with Crippen molar-refractivity contribution in [3.63, 3.8) is 0 Å². The fraction of sp³-hybridized carbons (Fsp3) is 0.600. The first-order valence-electron chi connectivity index (χ1n) is 5.16. The summed E-state index contributed by atoms with van der Waals surface area (Å²) in [5.41, 5.74) is 5.07. The van der Waals surface area contributed by atoms with Crippen LogP contribution in [0.2, 0.25) is 0 Å². The van der Waals surface area contributed by atoms with E-state index in [1.54, 1.807) is 0 Å². The summed E-state index contributed by atoms with van der Waals surface area (Å²) in [4.78, 5) is 23.8. The fourth-order valence-electron chi connectivity index (χ4n) is 1.46. The van der Waals surface area contributed by atoms with Gasteiger partial charge in [0.2, 0.25) is 5.91 Å². The molecule has 1 aliphatic heterocycles. The molecule has 15 heavy (non-hydrogen) atoms. The van der Waals surface area contributed by atoms with E-state index in [2.05, 4.69) is 11.4 Å². The first-order chi connectivity index (χ1) is 7.20. The molecule has 3 N–H and O–H groups in total. The molecule has 0 unspecified atom stereocenters. The molecular weight excluding hydrogens is 194 g/mol. The Kier molecular flexibility index (Phi) is 4.66. The first kappa shape index (κ1) is 11.6. The van der Waals surface area contributed by atoms with E-state index >= 15 is 0 Å². The molecule has 1 heterocycles. The maximum absolute atomic E-state index is 11.5. The number of nitrogens with zero attached hydrogens (tertiary/aromatic N) is 1. The maximum Gasteiger partial charge on any atom is 0.318 e. The van der Waals surface area contributed by atoms with Crippen LogP contribution in [0.3, 0.4) is 0 Å². The van der Waals surface area contributed by atoms with Crippen LogP contribution in [0.5, 0.6) is 0 Å². The summed E-state index contributed by atoms with van der Waals surface area (Å²) >= 11 is 0. The van der Waals surface area contributed by atoms with E-state index in [0.29, 0.717) is 13.1 Å². The van der Waals surface area contributed by atoms with Gasteiger partial charge in [0.1, 0.15) is 6.54 Å². The van der Waals surface area contributed by atoms with Crippen LogP contribution in [-0.4, -0.2) is 36.5 Å². The minimum atomic E-state index is -0.474. The number of urea groups is 1. The molecule has 3 amide bonds. The summed E-state index contributed by atoms with van der Waals surface area (Å²) < 4.78 is 0. The summed E-state index contributed by atoms with van der Waals surface area (Å²) in [6.07, 6.45) is 6.92. The van der Waals surface area contributed by atoms with Crippen LogP contribution in [0.4, 0.5) is 4.79 Å². The number of nitrogens with one attached hydrogen (secondary N) is 1. The number of nitrogens with two attached hydrogens (primary N) is 1. The molecule has 0 aromatic carbocycles. The largest absolute Gasteiger partial charge is 0.368 e. The van der Waals surface area contributed by atoms with Crippen LogP contribution in [-0.2, 0) is 4.79 Å². The van der Waals surface area contributed by atoms with Crippen LogP contribution < -0.4 is 11.1 Å². The van der Waals surface area contributed by atoms with Gasteiger partial charge >= 0.3 is 6.03 Å². The van der Waals surface area contributed by atoms with Crippen molar-refractivity contribution in [3.05, 3.63) is 12.2 Å². The number of carbonyl (C=O) groups excluding carboxylic acids is 2. The van der Waals surface area contributed by atoms with E-state index in [9.17, 15) is 9.59 Å². The molecule has 0 saturated heterocycles. The number of hydrogen-bond donors (Lipinski definition) is 2. The lowest BCUT2D eigenvalue weighted by atomic mass is 10.2. The van der Waals surface area contributed by atoms with Crippen molar-refractivity contribution in [3.8, 4) is 0 Å². The van der Waals surface area contributed by atoms with E-state index in [1.807, 2.05) is 6.08 Å². The van der Waals surface area contributed by atoms with E-state index < -0.39 is 5.91 Å². The van der Waals surface area contributed by atoms with Gasteiger partial charge in [0.05, 0.1) is 0 Å². The molecular formula is C10H17N3O2. The van der Waals surface area contributed by atoms with Crippen LogP contribution in [0.25, 0.3) is 0 Å². The molecule has 84 valence electrons. The second-order valence-electron chi connectivity index (χ2n) is 3.54. The summed E-state index contributed by atoms with van der Waals surface area (Å²) in [5.74, 6) is -0.474. The molecule has 5 nitrogen and oxygen atoms in total. The lowest BCUT2D eigenvalue weighted by Gasteiger charge is -2.21. The van der Waals surface area contributed by atoms with Gasteiger partial charge in [0, 0.05) is 13.1 Å². The molecule has 0 atom stereocenters. The van der Waals surface area contributed by atoms with Crippen LogP contribution in [0.1, 0.15) is 19.3 Å². The highest BCUT2D eigenvalue weighted by Gasteiger charge is 2.14. The van der Waals surface area contributed by atoms with Crippen molar-refractivity contribution < 1.29 is 9.59 Å². The standard InChI is InChI=1S/C10H17N3O2/c11-9(14)8-13-7-5-3-1-2-4-6-12-10(13)15/h2,4H,1,3,5-8H2,(H2,11,14)(H,12,15)/b4-2-. The quantitative estimate of drug-likeness (QED) is 0.641. The minimum Gasteiger partial charge on any atom is -0.368 e. The molecule has 0 aromatic rings. The Morgan fingerprint density at radius 2 is 2.27 bits per heavy atom. The third-order valence-electron chi connectivity index (χ3n) is 2.22. The highest BCUT2D eigenvalue weighted by Crippen LogP contribution is 2.02. The maximum atomic E-state index is 11.5. The highest BCUT2D eigenvalue weighted by atomic mass is 16.2. The van der Waals surface area contributed by atoms with Gasteiger partial charge in [0.15, 0.2) is 0 Å². The van der Waals surface area contributed by atoms with Gasteiger partial charge in [-0.3, -0.25) is 4.79 Å². The molecule has 0 bridgehead atoms. The summed E-state index contributed by atoms with van der Waals surface area (Å²) in [5, 5.41) is 2.70. The second kappa shape index (κ2) is 6.06. The predicted octanol–water partition coefficient (Wildman–Crippen LogP) is 0.223. The van der Waals surface area contributed by atoms with Crippen molar-refractivity contribution in [2.45, 2.75) is 19.3 Å². The van der Waals surface area contributed by atoms with Crippen molar-refractivity contribution in [2.24, 2.45) is 5.73 Å². The van der Waals surface area contributed by atoms with Gasteiger partial charge in [-0.25, -0.2) is 4.79 Å². The monoisotopic (exact) mass is 211 g/mol. The van der Waals surface area contributed by atoms with Crippen molar-refractivity contribution >= 4 is 11.9 Å². The van der Waals surface area contributed by atoms with E-state index in [1.165, 1.54) is 4.90 Å². The average molecular weight is 211 g/mol. The lowest BCUT2D eigenvalue weighted by Crippen LogP contribution is -2.45. The zero-order valence-electron chi connectivity index (χ0n) is 8.74. The van der Waals surface area contributed by atoms with Crippen LogP contribution >= 0.6 is 0 Å². The van der Waals surface area contributed by atoms with Crippen molar-refractivity contribution in [2.75, 3.05) is 19.6 Å². The molecule has 0 aliphatic carbocycles. The van der Waals surface area contributed by atoms with Gasteiger partial charge in [-0.2, -0.15) is 0 Å². The zero-order valence-corrected chi connectivity index (χ0v) is 8.74. The van der Waals surface area contributed by atoms with Gasteiger partial charge < -0.3 is 16.0 Å². The highest BCUT2D eigenvalue weighted by molar-refractivity contribution is 5.82. The SMILES string of the molecule is NC(=O)CN1CCCC/C=C\CNC1=O. The normalized spacial score (nSPS) is 20.5. The minimum absolute atomic E-state index is 0.00442. The molecule has 5 heteroatoms. The molecule has 0 fully saturated rings. The second-order valence-corrected chi connectivity index (χ2v) is 3.54. The Morgan fingerprint density at radius 3 is 3.00 bits per heavy atom. The fourth-order valence-corrected chi connectivity index (χ4v) is 1.46. The molecule has 1 rings (SSSR count). The van der Waals surface area contributed by atoms with Crippen LogP contribution in [0, 0.1) is 0 Å². The Hall–Kier alpha value is -1.52. The Labute approximate surface area is 89.3 Å². The van der Waals surface area contributed by atoms with Gasteiger partial charge in [-0.1, -0.05) is 12.2 Å². The van der Waals surface area contributed by atoms with Crippen molar-refractivity contribution in [1.29, 1.82) is 0 Å². The van der Waals surface area contributed by atoms with E-state index in [-0.39, 0.29) is 12.6 Å². The van der Waals surface area contributed by atoms with Crippen LogP contribution in [0.15, 0.2) is 12.2 Å². The average Bonchev–Trinajstić information content (AvgIpc) is 2.19. The van der Waals surface area contributed by atoms with E-state index in [0.717, 1.165) is 19.3 Å². The zero-order chi connectivity index (χ0) is 11.1. The summed E-state index contributed by atoms with van der Waals surface area (Å²) in [7, 11) is 0. The Balaban J connectivity index is 2.53. The molecule has 1 aliphatic rings. The summed E-state index contributed by atoms with van der Waals surface area (Å²) in [6.45, 7) is 1.09. The van der Waals surface area contributed by atoms with Gasteiger partial charge in [-0.15, -0.1) is 0 Å². The van der Waals surface area contributed by atoms with E-state index in [4.69, 9.17) is 5.73 Å². The molecule has 0 aromatic heterocycles. The smallest absolute Gasteiger partial charge is 0.318 e. The number of allylic oxidation sites excluding steroid dienone is 1. The molecule has 0 radical (unpaired) electrons. The lowest BCUT2D eigenvalue weighted by molar-refractivity contribution is -0.118. The third kappa shape index (κ3) is 4.49. The van der Waals surface area contributed by atoms with Gasteiger partial charge in [0.25, 0.3) is 0 Å². The third-order valence-corrected chi connectivity index (χ3v) is 2.22.